The van der Waals surface area contributed by atoms with Crippen LogP contribution in [0.5, 0.6) is 0 Å². The molecule has 0 amide bonds. The Balaban J connectivity index is 1.60. The number of nitrogens with zero attached hydrogens (tertiary/aromatic N) is 4. The minimum atomic E-state index is 0.0747. The fraction of sp³-hybridized carbons (Fsp3) is 0.500. The molecule has 2 aromatic heterocycles. The van der Waals surface area contributed by atoms with Crippen molar-refractivity contribution >= 4 is 0 Å². The van der Waals surface area contributed by atoms with Crippen molar-refractivity contribution in [3.63, 3.8) is 0 Å². The standard InChI is InChI=1S/C16H22N4O/c1-2-7-20-12-14(10-18-20)11-19-8-9-21-16(13-19)15-5-3-4-6-17-15/h3-6,10,12,16H,2,7-9,11,13H2,1H3/t16-/m1/s1. The van der Waals surface area contributed by atoms with Gasteiger partial charge in [0.2, 0.25) is 0 Å². The van der Waals surface area contributed by atoms with Crippen molar-refractivity contribution < 1.29 is 4.74 Å². The van der Waals surface area contributed by atoms with Crippen LogP contribution < -0.4 is 0 Å². The second kappa shape index (κ2) is 6.83. The summed E-state index contributed by atoms with van der Waals surface area (Å²) < 4.78 is 7.87. The van der Waals surface area contributed by atoms with Gasteiger partial charge in [-0.15, -0.1) is 0 Å². The van der Waals surface area contributed by atoms with Crippen LogP contribution in [-0.4, -0.2) is 39.4 Å². The average Bonchev–Trinajstić information content (AvgIpc) is 2.96. The van der Waals surface area contributed by atoms with Gasteiger partial charge in [-0.25, -0.2) is 0 Å². The van der Waals surface area contributed by atoms with Crippen molar-refractivity contribution in [2.75, 3.05) is 19.7 Å². The molecule has 21 heavy (non-hydrogen) atoms. The van der Waals surface area contributed by atoms with E-state index in [9.17, 15) is 0 Å². The summed E-state index contributed by atoms with van der Waals surface area (Å²) in [5, 5.41) is 4.40. The zero-order valence-electron chi connectivity index (χ0n) is 12.5. The normalized spacial score (nSPS) is 19.8. The second-order valence-electron chi connectivity index (χ2n) is 5.46. The zero-order chi connectivity index (χ0) is 14.5. The molecule has 0 saturated carbocycles. The van der Waals surface area contributed by atoms with E-state index in [0.717, 1.165) is 44.9 Å². The Kier molecular flexibility index (Phi) is 4.62. The Bertz CT molecular complexity index is 554. The van der Waals surface area contributed by atoms with Gasteiger partial charge in [0.15, 0.2) is 0 Å². The van der Waals surface area contributed by atoms with Gasteiger partial charge in [-0.3, -0.25) is 14.6 Å². The highest BCUT2D eigenvalue weighted by Gasteiger charge is 2.23. The van der Waals surface area contributed by atoms with E-state index in [0.29, 0.717) is 0 Å². The molecule has 5 heteroatoms. The molecular formula is C16H22N4O. The van der Waals surface area contributed by atoms with Crippen LogP contribution in [0.4, 0.5) is 0 Å². The number of morpholine rings is 1. The molecule has 1 atom stereocenters. The van der Waals surface area contributed by atoms with Crippen LogP contribution in [0.2, 0.25) is 0 Å². The van der Waals surface area contributed by atoms with Crippen LogP contribution in [0.15, 0.2) is 36.8 Å². The summed E-state index contributed by atoms with van der Waals surface area (Å²) in [7, 11) is 0. The minimum absolute atomic E-state index is 0.0747. The third-order valence-electron chi connectivity index (χ3n) is 3.71. The Morgan fingerprint density at radius 3 is 3.14 bits per heavy atom. The minimum Gasteiger partial charge on any atom is -0.369 e. The molecule has 1 aliphatic heterocycles. The van der Waals surface area contributed by atoms with E-state index in [4.69, 9.17) is 4.74 Å². The predicted octanol–water partition coefficient (Wildman–Crippen LogP) is 2.26. The van der Waals surface area contributed by atoms with Gasteiger partial charge in [0.25, 0.3) is 0 Å². The van der Waals surface area contributed by atoms with Gasteiger partial charge in [0, 0.05) is 44.1 Å². The molecule has 0 bridgehead atoms. The lowest BCUT2D eigenvalue weighted by atomic mass is 10.2. The van der Waals surface area contributed by atoms with Gasteiger partial charge >= 0.3 is 0 Å². The molecule has 0 radical (unpaired) electrons. The Morgan fingerprint density at radius 1 is 1.38 bits per heavy atom. The number of pyridine rings is 1. The Labute approximate surface area is 125 Å². The fourth-order valence-electron chi connectivity index (χ4n) is 2.69. The summed E-state index contributed by atoms with van der Waals surface area (Å²) >= 11 is 0. The molecular weight excluding hydrogens is 264 g/mol. The molecule has 1 saturated heterocycles. The number of aryl methyl sites for hydroxylation is 1. The van der Waals surface area contributed by atoms with E-state index in [1.807, 2.05) is 35.3 Å². The van der Waals surface area contributed by atoms with Gasteiger partial charge in [0.1, 0.15) is 6.10 Å². The molecule has 0 N–H and O–H groups in total. The Hall–Kier alpha value is -1.72. The fourth-order valence-corrected chi connectivity index (χ4v) is 2.69. The van der Waals surface area contributed by atoms with Gasteiger partial charge < -0.3 is 4.74 Å². The third kappa shape index (κ3) is 3.68. The van der Waals surface area contributed by atoms with E-state index in [-0.39, 0.29) is 6.10 Å². The highest BCUT2D eigenvalue weighted by atomic mass is 16.5. The van der Waals surface area contributed by atoms with Crippen molar-refractivity contribution in [1.29, 1.82) is 0 Å². The first kappa shape index (κ1) is 14.2. The van der Waals surface area contributed by atoms with Crippen molar-refractivity contribution in [2.45, 2.75) is 32.5 Å². The predicted molar refractivity (Wildman–Crippen MR) is 80.7 cm³/mol. The Morgan fingerprint density at radius 2 is 2.33 bits per heavy atom. The summed E-state index contributed by atoms with van der Waals surface area (Å²) in [4.78, 5) is 6.82. The number of ether oxygens (including phenoxy) is 1. The molecule has 5 nitrogen and oxygen atoms in total. The molecule has 112 valence electrons. The highest BCUT2D eigenvalue weighted by Crippen LogP contribution is 2.21. The number of hydrogen-bond acceptors (Lipinski definition) is 4. The van der Waals surface area contributed by atoms with Crippen molar-refractivity contribution in [3.05, 3.63) is 48.0 Å². The van der Waals surface area contributed by atoms with Gasteiger partial charge in [-0.2, -0.15) is 5.10 Å². The van der Waals surface area contributed by atoms with Gasteiger partial charge in [-0.1, -0.05) is 13.0 Å². The number of aromatic nitrogens is 3. The van der Waals surface area contributed by atoms with E-state index < -0.39 is 0 Å². The summed E-state index contributed by atoms with van der Waals surface area (Å²) in [6.45, 7) is 6.68. The smallest absolute Gasteiger partial charge is 0.112 e. The first-order chi connectivity index (χ1) is 10.3. The quantitative estimate of drug-likeness (QED) is 0.845. The number of hydrogen-bond donors (Lipinski definition) is 0. The third-order valence-corrected chi connectivity index (χ3v) is 3.71. The van der Waals surface area contributed by atoms with Crippen LogP contribution in [-0.2, 0) is 17.8 Å². The molecule has 0 aliphatic carbocycles. The topological polar surface area (TPSA) is 43.2 Å². The summed E-state index contributed by atoms with van der Waals surface area (Å²) in [5.41, 5.74) is 2.29. The maximum Gasteiger partial charge on any atom is 0.112 e. The lowest BCUT2D eigenvalue weighted by Gasteiger charge is -2.32. The van der Waals surface area contributed by atoms with Crippen LogP contribution in [0.25, 0.3) is 0 Å². The molecule has 1 fully saturated rings. The summed E-state index contributed by atoms with van der Waals surface area (Å²) in [5.74, 6) is 0. The van der Waals surface area contributed by atoms with E-state index in [2.05, 4.69) is 28.1 Å². The maximum atomic E-state index is 5.85. The highest BCUT2D eigenvalue weighted by molar-refractivity contribution is 5.09. The zero-order valence-corrected chi connectivity index (χ0v) is 12.5. The summed E-state index contributed by atoms with van der Waals surface area (Å²) in [6, 6.07) is 5.99. The van der Waals surface area contributed by atoms with E-state index in [1.165, 1.54) is 5.56 Å². The molecule has 1 aliphatic rings. The number of rotatable bonds is 5. The largest absolute Gasteiger partial charge is 0.369 e. The van der Waals surface area contributed by atoms with Crippen LogP contribution >= 0.6 is 0 Å². The average molecular weight is 286 g/mol. The van der Waals surface area contributed by atoms with Crippen LogP contribution in [0, 0.1) is 0 Å². The molecule has 3 heterocycles. The monoisotopic (exact) mass is 286 g/mol. The van der Waals surface area contributed by atoms with E-state index in [1.54, 1.807) is 0 Å². The molecule has 2 aromatic rings. The van der Waals surface area contributed by atoms with Gasteiger partial charge in [0.05, 0.1) is 18.5 Å². The SMILES string of the molecule is CCCn1cc(CN2CCO[C@@H](c3ccccn3)C2)cn1. The maximum absolute atomic E-state index is 5.85. The first-order valence-electron chi connectivity index (χ1n) is 7.61. The molecule has 0 unspecified atom stereocenters. The second-order valence-corrected chi connectivity index (χ2v) is 5.46. The molecule has 0 spiro atoms. The van der Waals surface area contributed by atoms with Crippen LogP contribution in [0.1, 0.15) is 30.7 Å². The van der Waals surface area contributed by atoms with E-state index >= 15 is 0 Å². The first-order valence-corrected chi connectivity index (χ1v) is 7.61. The van der Waals surface area contributed by atoms with Gasteiger partial charge in [-0.05, 0) is 18.6 Å². The lowest BCUT2D eigenvalue weighted by Crippen LogP contribution is -2.38. The van der Waals surface area contributed by atoms with Crippen molar-refractivity contribution in [3.8, 4) is 0 Å². The summed E-state index contributed by atoms with van der Waals surface area (Å²) in [6.07, 6.45) is 7.13. The van der Waals surface area contributed by atoms with Crippen LogP contribution in [0.3, 0.4) is 0 Å². The van der Waals surface area contributed by atoms with Crippen molar-refractivity contribution in [2.24, 2.45) is 0 Å². The lowest BCUT2D eigenvalue weighted by molar-refractivity contribution is -0.0350. The van der Waals surface area contributed by atoms with Crippen molar-refractivity contribution in [1.82, 2.24) is 19.7 Å². The molecule has 3 rings (SSSR count). The molecule has 0 aromatic carbocycles.